The highest BCUT2D eigenvalue weighted by Crippen LogP contribution is 2.44. The molecule has 0 aliphatic carbocycles. The summed E-state index contributed by atoms with van der Waals surface area (Å²) >= 11 is 3.40. The summed E-state index contributed by atoms with van der Waals surface area (Å²) in [6.45, 7) is 5.86. The Bertz CT molecular complexity index is 1100. The van der Waals surface area contributed by atoms with Gasteiger partial charge < -0.3 is 24.7 Å². The molecule has 0 amide bonds. The molecule has 2 aliphatic heterocycles. The number of unbranched alkanes of at least 4 members (excludes halogenated alkanes) is 6. The van der Waals surface area contributed by atoms with Crippen LogP contribution in [0.15, 0.2) is 9.53 Å². The van der Waals surface area contributed by atoms with Gasteiger partial charge in [-0.15, -0.1) is 0 Å². The van der Waals surface area contributed by atoms with Gasteiger partial charge in [0.2, 0.25) is 5.95 Å². The molecule has 2 aromatic heterocycles. The molecule has 0 aromatic carbocycles. The molecule has 3 N–H and O–H groups in total. The first-order chi connectivity index (χ1) is 16.7. The number of fused-ring (bicyclic) bond motifs is 2. The molecule has 4 heterocycles. The van der Waals surface area contributed by atoms with Crippen molar-refractivity contribution in [3.8, 4) is 0 Å². The highest BCUT2D eigenvalue weighted by molar-refractivity contribution is 9.10. The average Bonchev–Trinajstić information content (AvgIpc) is 3.39. The minimum Gasteiger partial charge on any atom is -0.463 e. The summed E-state index contributed by atoms with van der Waals surface area (Å²) in [4.78, 5) is 35.6. The predicted molar refractivity (Wildman–Crippen MR) is 132 cm³/mol. The van der Waals surface area contributed by atoms with E-state index in [9.17, 15) is 9.59 Å². The quantitative estimate of drug-likeness (QED) is 0.241. The molecule has 0 saturated carbocycles. The molecule has 2 aliphatic rings. The average molecular weight is 556 g/mol. The normalized spacial score (nSPS) is 25.3. The number of aromatic nitrogens is 4. The number of esters is 1. The summed E-state index contributed by atoms with van der Waals surface area (Å²) in [6.07, 6.45) is 6.00. The van der Waals surface area contributed by atoms with Crippen molar-refractivity contribution < 1.29 is 23.7 Å². The van der Waals surface area contributed by atoms with Gasteiger partial charge in [-0.1, -0.05) is 45.4 Å². The number of nitrogens with two attached hydrogens (primary N) is 1. The predicted octanol–water partition coefficient (Wildman–Crippen LogP) is 3.57. The number of carbonyl (C=O) groups is 1. The number of H-pyrrole nitrogens is 1. The summed E-state index contributed by atoms with van der Waals surface area (Å²) in [5.74, 6) is -1.15. The number of aromatic amines is 1. The lowest BCUT2D eigenvalue weighted by Crippen LogP contribution is -2.33. The molecule has 0 bridgehead atoms. The molecule has 35 heavy (non-hydrogen) atoms. The highest BCUT2D eigenvalue weighted by Gasteiger charge is 2.56. The van der Waals surface area contributed by atoms with Crippen LogP contribution in [0.25, 0.3) is 11.2 Å². The molecule has 0 unspecified atom stereocenters. The van der Waals surface area contributed by atoms with Crippen LogP contribution in [0.5, 0.6) is 0 Å². The molecule has 0 radical (unpaired) electrons. The van der Waals surface area contributed by atoms with Crippen LogP contribution in [0, 0.1) is 0 Å². The Balaban J connectivity index is 1.41. The van der Waals surface area contributed by atoms with Crippen LogP contribution < -0.4 is 11.3 Å². The molecule has 2 aromatic rings. The molecular weight excluding hydrogens is 522 g/mol. The number of hydrogen-bond acceptors (Lipinski definition) is 9. The summed E-state index contributed by atoms with van der Waals surface area (Å²) in [5, 5.41) is 0. The summed E-state index contributed by atoms with van der Waals surface area (Å²) in [6, 6.07) is 0. The van der Waals surface area contributed by atoms with Crippen LogP contribution in [-0.2, 0) is 23.7 Å². The topological polar surface area (TPSA) is 144 Å². The summed E-state index contributed by atoms with van der Waals surface area (Å²) in [5.41, 5.74) is 5.68. The van der Waals surface area contributed by atoms with Crippen LogP contribution in [0.4, 0.5) is 5.95 Å². The third-order valence-corrected chi connectivity index (χ3v) is 6.86. The SMILES string of the molecule is CCCCCCCCCC(=O)OC[C@H]1O[C@@H](n2c(Br)nc3c(=O)[nH]c(N)nc32)[C@@H]2OC(C)(C)O[C@@H]21. The first-order valence-corrected chi connectivity index (χ1v) is 13.1. The lowest BCUT2D eigenvalue weighted by molar-refractivity contribution is -0.202. The number of hydrogen-bond donors (Lipinski definition) is 2. The molecule has 2 saturated heterocycles. The maximum absolute atomic E-state index is 12.3. The molecular formula is C23H34BrN5O6. The van der Waals surface area contributed by atoms with Crippen molar-refractivity contribution in [3.05, 3.63) is 15.1 Å². The van der Waals surface area contributed by atoms with E-state index in [2.05, 4.69) is 37.8 Å². The van der Waals surface area contributed by atoms with Gasteiger partial charge >= 0.3 is 5.97 Å². The first-order valence-electron chi connectivity index (χ1n) is 12.3. The standard InChI is InChI=1S/C23H34BrN5O6/c1-4-5-6-7-8-9-10-11-14(30)32-12-13-16-17(35-23(2,3)34-16)20(33-13)29-18-15(26-21(29)24)19(31)28-22(25)27-18/h13,16-17,20H,4-12H2,1-3H3,(H3,25,27,28,31)/t13-,16-,17-,20-/m1/s1. The Morgan fingerprint density at radius 1 is 1.14 bits per heavy atom. The van der Waals surface area contributed by atoms with E-state index in [-0.39, 0.29) is 29.7 Å². The Morgan fingerprint density at radius 3 is 2.57 bits per heavy atom. The zero-order valence-corrected chi connectivity index (χ0v) is 22.0. The molecule has 4 atom stereocenters. The first kappa shape index (κ1) is 26.1. The fourth-order valence-electron chi connectivity index (χ4n) is 4.67. The van der Waals surface area contributed by atoms with Crippen molar-refractivity contribution >= 4 is 39.0 Å². The fourth-order valence-corrected chi connectivity index (χ4v) is 5.22. The van der Waals surface area contributed by atoms with E-state index in [4.69, 9.17) is 24.7 Å². The molecule has 2 fully saturated rings. The largest absolute Gasteiger partial charge is 0.463 e. The Hall–Kier alpha value is -2.02. The third-order valence-electron chi connectivity index (χ3n) is 6.30. The molecule has 4 rings (SSSR count). The van der Waals surface area contributed by atoms with Crippen molar-refractivity contribution in [3.63, 3.8) is 0 Å². The van der Waals surface area contributed by atoms with E-state index in [1.165, 1.54) is 25.7 Å². The molecule has 0 spiro atoms. The van der Waals surface area contributed by atoms with Crippen molar-refractivity contribution in [2.75, 3.05) is 12.3 Å². The van der Waals surface area contributed by atoms with E-state index in [1.54, 1.807) is 4.57 Å². The Kier molecular flexibility index (Phi) is 8.14. The van der Waals surface area contributed by atoms with Gasteiger partial charge in [-0.3, -0.25) is 19.1 Å². The zero-order chi connectivity index (χ0) is 25.2. The lowest BCUT2D eigenvalue weighted by atomic mass is 10.1. The number of ether oxygens (including phenoxy) is 4. The van der Waals surface area contributed by atoms with Gasteiger partial charge in [0.05, 0.1) is 0 Å². The molecule has 194 valence electrons. The van der Waals surface area contributed by atoms with Gasteiger partial charge in [-0.05, 0) is 36.2 Å². The molecule has 12 heteroatoms. The van der Waals surface area contributed by atoms with Crippen LogP contribution in [0.3, 0.4) is 0 Å². The molecule has 11 nitrogen and oxygen atoms in total. The second-order valence-electron chi connectivity index (χ2n) is 9.56. The van der Waals surface area contributed by atoms with Crippen LogP contribution >= 0.6 is 15.9 Å². The van der Waals surface area contributed by atoms with Crippen LogP contribution in [0.1, 0.15) is 78.4 Å². The van der Waals surface area contributed by atoms with Gasteiger partial charge in [-0.2, -0.15) is 4.98 Å². The lowest BCUT2D eigenvalue weighted by Gasteiger charge is -2.25. The number of nitrogens with zero attached hydrogens (tertiary/aromatic N) is 3. The van der Waals surface area contributed by atoms with Gasteiger partial charge in [0.25, 0.3) is 5.56 Å². The number of halogens is 1. The Labute approximate surface area is 212 Å². The number of anilines is 1. The van der Waals surface area contributed by atoms with Crippen molar-refractivity contribution in [1.82, 2.24) is 19.5 Å². The second kappa shape index (κ2) is 10.9. The maximum Gasteiger partial charge on any atom is 0.305 e. The Morgan fingerprint density at radius 2 is 1.83 bits per heavy atom. The fraction of sp³-hybridized carbons (Fsp3) is 0.739. The number of rotatable bonds is 11. The minimum absolute atomic E-state index is 0.0346. The highest BCUT2D eigenvalue weighted by atomic mass is 79.9. The van der Waals surface area contributed by atoms with Crippen molar-refractivity contribution in [2.45, 2.75) is 102 Å². The number of nitrogen functional groups attached to an aromatic ring is 1. The van der Waals surface area contributed by atoms with E-state index in [1.807, 2.05) is 13.8 Å². The number of carbonyl (C=O) groups excluding carboxylic acids is 1. The summed E-state index contributed by atoms with van der Waals surface area (Å²) < 4.78 is 26.0. The minimum atomic E-state index is -0.857. The van der Waals surface area contributed by atoms with Crippen LogP contribution in [0.2, 0.25) is 0 Å². The van der Waals surface area contributed by atoms with Gasteiger partial charge in [0, 0.05) is 6.42 Å². The third kappa shape index (κ3) is 5.87. The maximum atomic E-state index is 12.3. The number of nitrogens with one attached hydrogen (secondary N) is 1. The second-order valence-corrected chi connectivity index (χ2v) is 10.3. The van der Waals surface area contributed by atoms with E-state index < -0.39 is 35.9 Å². The van der Waals surface area contributed by atoms with Gasteiger partial charge in [-0.25, -0.2) is 4.98 Å². The summed E-state index contributed by atoms with van der Waals surface area (Å²) in [7, 11) is 0. The smallest absolute Gasteiger partial charge is 0.305 e. The zero-order valence-electron chi connectivity index (χ0n) is 20.4. The van der Waals surface area contributed by atoms with E-state index in [0.29, 0.717) is 11.2 Å². The van der Waals surface area contributed by atoms with Crippen molar-refractivity contribution in [2.24, 2.45) is 0 Å². The van der Waals surface area contributed by atoms with Gasteiger partial charge in [0.1, 0.15) is 24.9 Å². The van der Waals surface area contributed by atoms with Crippen LogP contribution in [-0.4, -0.2) is 56.2 Å². The monoisotopic (exact) mass is 555 g/mol. The number of imidazole rings is 1. The van der Waals surface area contributed by atoms with E-state index in [0.717, 1.165) is 19.3 Å². The van der Waals surface area contributed by atoms with Gasteiger partial charge in [0.15, 0.2) is 27.9 Å². The van der Waals surface area contributed by atoms with E-state index >= 15 is 0 Å². The van der Waals surface area contributed by atoms with Crippen molar-refractivity contribution in [1.29, 1.82) is 0 Å².